The zero-order valence-electron chi connectivity index (χ0n) is 16.7. The number of ether oxygens (including phenoxy) is 2. The number of hydrogen-bond donors (Lipinski definition) is 3. The van der Waals surface area contributed by atoms with Gasteiger partial charge in [0.1, 0.15) is 0 Å². The molecule has 3 rings (SSSR count). The molecular formula is C21H26ClN3O4. The molecule has 0 radical (unpaired) electrons. The maximum atomic E-state index is 12.8. The highest BCUT2D eigenvalue weighted by molar-refractivity contribution is 5.99. The molecule has 2 aromatic carbocycles. The number of fused-ring (bicyclic) bond motifs is 1. The minimum Gasteiger partial charge on any atom is -0.493 e. The molecule has 1 atom stereocenters. The molecule has 1 heterocycles. The fourth-order valence-corrected chi connectivity index (χ4v) is 3.45. The van der Waals surface area contributed by atoms with Gasteiger partial charge in [0.05, 0.1) is 19.9 Å². The van der Waals surface area contributed by atoms with Crippen LogP contribution in [-0.4, -0.2) is 39.1 Å². The third kappa shape index (κ3) is 5.19. The van der Waals surface area contributed by atoms with Gasteiger partial charge in [0.15, 0.2) is 11.5 Å². The average molecular weight is 420 g/mol. The highest BCUT2D eigenvalue weighted by Gasteiger charge is 2.21. The Hall–Kier alpha value is -2.77. The summed E-state index contributed by atoms with van der Waals surface area (Å²) in [5, 5.41) is 9.09. The number of rotatable bonds is 6. The van der Waals surface area contributed by atoms with Gasteiger partial charge in [0.25, 0.3) is 5.91 Å². The molecule has 156 valence electrons. The molecule has 0 saturated heterocycles. The second kappa shape index (κ2) is 10.1. The van der Waals surface area contributed by atoms with Crippen molar-refractivity contribution in [1.29, 1.82) is 0 Å². The first kappa shape index (κ1) is 22.5. The van der Waals surface area contributed by atoms with Crippen LogP contribution in [0.15, 0.2) is 36.4 Å². The summed E-state index contributed by atoms with van der Waals surface area (Å²) >= 11 is 0. The van der Waals surface area contributed by atoms with Crippen molar-refractivity contribution in [2.75, 3.05) is 32.6 Å². The molecule has 0 spiro atoms. The third-order valence-electron chi connectivity index (χ3n) is 4.73. The number of nitrogens with one attached hydrogen (secondary N) is 3. The highest BCUT2D eigenvalue weighted by atomic mass is 35.5. The Morgan fingerprint density at radius 2 is 1.93 bits per heavy atom. The van der Waals surface area contributed by atoms with Crippen LogP contribution in [-0.2, 0) is 11.2 Å². The zero-order chi connectivity index (χ0) is 20.1. The van der Waals surface area contributed by atoms with Crippen LogP contribution < -0.4 is 25.4 Å². The normalized spacial score (nSPS) is 14.8. The fraction of sp³-hybridized carbons (Fsp3) is 0.333. The number of methoxy groups -OCH3 is 2. The Labute approximate surface area is 176 Å². The number of amides is 2. The van der Waals surface area contributed by atoms with E-state index in [4.69, 9.17) is 9.47 Å². The summed E-state index contributed by atoms with van der Waals surface area (Å²) in [4.78, 5) is 24.3. The number of benzene rings is 2. The van der Waals surface area contributed by atoms with Gasteiger partial charge in [-0.15, -0.1) is 12.4 Å². The SMILES string of the molecule is COc1cc(C(=O)NCC2NCCc3ccccc32)cc(NC(C)=O)c1OC.Cl. The van der Waals surface area contributed by atoms with E-state index in [0.717, 1.165) is 13.0 Å². The van der Waals surface area contributed by atoms with E-state index in [-0.39, 0.29) is 30.3 Å². The molecule has 2 amide bonds. The molecule has 2 aromatic rings. The molecular weight excluding hydrogens is 394 g/mol. The maximum absolute atomic E-state index is 12.8. The van der Waals surface area contributed by atoms with Gasteiger partial charge in [-0.25, -0.2) is 0 Å². The Morgan fingerprint density at radius 3 is 2.62 bits per heavy atom. The lowest BCUT2D eigenvalue weighted by atomic mass is 9.94. The number of halogens is 1. The average Bonchev–Trinajstić information content (AvgIpc) is 2.70. The molecule has 0 saturated carbocycles. The second-order valence-corrected chi connectivity index (χ2v) is 6.61. The van der Waals surface area contributed by atoms with Crippen LogP contribution in [0.1, 0.15) is 34.5 Å². The standard InChI is InChI=1S/C21H25N3O4.ClH/c1-13(25)24-17-10-15(11-19(27-2)20(17)28-3)21(26)23-12-18-16-7-5-4-6-14(16)8-9-22-18;/h4-7,10-11,18,22H,8-9,12H2,1-3H3,(H,23,26)(H,24,25);1H. The first-order chi connectivity index (χ1) is 13.5. The number of carbonyl (C=O) groups is 2. The summed E-state index contributed by atoms with van der Waals surface area (Å²) in [6.07, 6.45) is 0.983. The van der Waals surface area contributed by atoms with Crippen molar-refractivity contribution >= 4 is 29.9 Å². The first-order valence-corrected chi connectivity index (χ1v) is 9.16. The summed E-state index contributed by atoms with van der Waals surface area (Å²) in [7, 11) is 2.97. The molecule has 1 unspecified atom stereocenters. The van der Waals surface area contributed by atoms with Gasteiger partial charge < -0.3 is 25.4 Å². The van der Waals surface area contributed by atoms with Crippen LogP contribution in [0.4, 0.5) is 5.69 Å². The fourth-order valence-electron chi connectivity index (χ4n) is 3.45. The first-order valence-electron chi connectivity index (χ1n) is 9.16. The van der Waals surface area contributed by atoms with E-state index in [2.05, 4.69) is 28.1 Å². The molecule has 8 heteroatoms. The Balaban J connectivity index is 0.00000300. The summed E-state index contributed by atoms with van der Waals surface area (Å²) in [6, 6.07) is 11.5. The van der Waals surface area contributed by atoms with Gasteiger partial charge in [-0.2, -0.15) is 0 Å². The predicted octanol–water partition coefficient (Wildman–Crippen LogP) is 2.70. The molecule has 29 heavy (non-hydrogen) atoms. The van der Waals surface area contributed by atoms with E-state index in [1.54, 1.807) is 12.1 Å². The predicted molar refractivity (Wildman–Crippen MR) is 114 cm³/mol. The van der Waals surface area contributed by atoms with Crippen molar-refractivity contribution in [2.45, 2.75) is 19.4 Å². The van der Waals surface area contributed by atoms with Gasteiger partial charge in [-0.05, 0) is 36.2 Å². The van der Waals surface area contributed by atoms with Crippen molar-refractivity contribution in [2.24, 2.45) is 0 Å². The highest BCUT2D eigenvalue weighted by Crippen LogP contribution is 2.36. The summed E-state index contributed by atoms with van der Waals surface area (Å²) in [6.45, 7) is 2.73. The lowest BCUT2D eigenvalue weighted by molar-refractivity contribution is -0.114. The monoisotopic (exact) mass is 419 g/mol. The molecule has 7 nitrogen and oxygen atoms in total. The minimum absolute atomic E-state index is 0. The van der Waals surface area contributed by atoms with E-state index < -0.39 is 0 Å². The van der Waals surface area contributed by atoms with Crippen molar-refractivity contribution in [3.8, 4) is 11.5 Å². The quantitative estimate of drug-likeness (QED) is 0.670. The largest absolute Gasteiger partial charge is 0.493 e. The van der Waals surface area contributed by atoms with Crippen LogP contribution in [0.25, 0.3) is 0 Å². The van der Waals surface area contributed by atoms with Crippen LogP contribution in [0.2, 0.25) is 0 Å². The number of anilines is 1. The minimum atomic E-state index is -0.263. The van der Waals surface area contributed by atoms with Crippen molar-refractivity contribution in [3.63, 3.8) is 0 Å². The van der Waals surface area contributed by atoms with E-state index in [0.29, 0.717) is 29.3 Å². The lowest BCUT2D eigenvalue weighted by Crippen LogP contribution is -2.38. The molecule has 0 aromatic heterocycles. The van der Waals surface area contributed by atoms with Crippen molar-refractivity contribution in [1.82, 2.24) is 10.6 Å². The Morgan fingerprint density at radius 1 is 1.17 bits per heavy atom. The van der Waals surface area contributed by atoms with Crippen molar-refractivity contribution < 1.29 is 19.1 Å². The molecule has 0 fully saturated rings. The van der Waals surface area contributed by atoms with E-state index in [1.807, 2.05) is 12.1 Å². The number of hydrogen-bond acceptors (Lipinski definition) is 5. The topological polar surface area (TPSA) is 88.7 Å². The van der Waals surface area contributed by atoms with Gasteiger partial charge in [-0.3, -0.25) is 9.59 Å². The smallest absolute Gasteiger partial charge is 0.251 e. The zero-order valence-corrected chi connectivity index (χ0v) is 17.5. The van der Waals surface area contributed by atoms with Crippen LogP contribution >= 0.6 is 12.4 Å². The summed E-state index contributed by atoms with van der Waals surface area (Å²) < 4.78 is 10.6. The van der Waals surface area contributed by atoms with Crippen LogP contribution in [0.5, 0.6) is 11.5 Å². The lowest BCUT2D eigenvalue weighted by Gasteiger charge is -2.27. The number of carbonyl (C=O) groups excluding carboxylic acids is 2. The van der Waals surface area contributed by atoms with Crippen molar-refractivity contribution in [3.05, 3.63) is 53.1 Å². The van der Waals surface area contributed by atoms with Crippen LogP contribution in [0.3, 0.4) is 0 Å². The third-order valence-corrected chi connectivity index (χ3v) is 4.73. The molecule has 1 aliphatic heterocycles. The molecule has 0 bridgehead atoms. The van der Waals surface area contributed by atoms with E-state index in [1.165, 1.54) is 32.3 Å². The van der Waals surface area contributed by atoms with Gasteiger partial charge >= 0.3 is 0 Å². The van der Waals surface area contributed by atoms with E-state index >= 15 is 0 Å². The molecule has 3 N–H and O–H groups in total. The Bertz CT molecular complexity index is 888. The second-order valence-electron chi connectivity index (χ2n) is 6.61. The molecule has 0 aliphatic carbocycles. The summed E-state index contributed by atoms with van der Waals surface area (Å²) in [5.74, 6) is 0.232. The van der Waals surface area contributed by atoms with E-state index in [9.17, 15) is 9.59 Å². The van der Waals surface area contributed by atoms with Gasteiger partial charge in [0, 0.05) is 25.1 Å². The Kier molecular flexibility index (Phi) is 7.87. The maximum Gasteiger partial charge on any atom is 0.251 e. The molecule has 1 aliphatic rings. The summed E-state index contributed by atoms with van der Waals surface area (Å²) in [5.41, 5.74) is 3.28. The van der Waals surface area contributed by atoms with Gasteiger partial charge in [-0.1, -0.05) is 24.3 Å². The van der Waals surface area contributed by atoms with Gasteiger partial charge in [0.2, 0.25) is 5.91 Å². The van der Waals surface area contributed by atoms with Crippen LogP contribution in [0, 0.1) is 0 Å².